The van der Waals surface area contributed by atoms with Crippen LogP contribution in [-0.2, 0) is 60.0 Å². The van der Waals surface area contributed by atoms with E-state index >= 15 is 0 Å². The summed E-state index contributed by atoms with van der Waals surface area (Å²) in [5.41, 5.74) is 0. The van der Waals surface area contributed by atoms with Crippen molar-refractivity contribution in [3.8, 4) is 0 Å². The molecule has 0 aliphatic heterocycles. The molecule has 0 saturated carbocycles. The summed E-state index contributed by atoms with van der Waals surface area (Å²) < 4.78 is 0. The smallest absolute Gasteiger partial charge is 0.550 e. The Hall–Kier alpha value is -0.795. The minimum absolute atomic E-state index is 0. The van der Waals surface area contributed by atoms with Crippen LogP contribution in [0.2, 0.25) is 0 Å². The molecule has 0 rings (SSSR count). The van der Waals surface area contributed by atoms with Gasteiger partial charge in [-0.2, -0.15) is 0 Å². The monoisotopic (exact) mass is 448 g/mol. The third kappa shape index (κ3) is 4850. The largest absolute Gasteiger partial charge is 2.00 e. The van der Waals surface area contributed by atoms with Crippen molar-refractivity contribution >= 4 is 23.9 Å². The fraction of sp³-hybridized carbons (Fsp3) is 0.500. The van der Waals surface area contributed by atoms with E-state index in [1.54, 1.807) is 0 Å². The van der Waals surface area contributed by atoms with Crippen LogP contribution in [-0.4, -0.2) is 23.9 Å². The molecule has 0 aromatic rings. The molecule has 0 N–H and O–H groups in total. The number of hydrogen-bond donors (Lipinski definition) is 0. The Bertz CT molecular complexity index is 165. The summed E-state index contributed by atoms with van der Waals surface area (Å²) in [6.07, 6.45) is 0. The molecule has 0 unspecified atom stereocenters. The second-order valence-electron chi connectivity index (χ2n) is 1.97. The zero-order valence-corrected chi connectivity index (χ0v) is 13.0. The van der Waals surface area contributed by atoms with E-state index in [-0.39, 0.29) is 40.8 Å². The number of rotatable bonds is 0. The van der Waals surface area contributed by atoms with Crippen LogP contribution in [0.1, 0.15) is 27.7 Å². The summed E-state index contributed by atoms with van der Waals surface area (Å²) in [5.74, 6) is -4.33. The summed E-state index contributed by atoms with van der Waals surface area (Å²) in [4.78, 5) is 35.6. The van der Waals surface area contributed by atoms with E-state index in [1.165, 1.54) is 0 Å². The van der Waals surface area contributed by atoms with Crippen LogP contribution < -0.4 is 20.4 Å². The van der Waals surface area contributed by atoms with Crippen LogP contribution in [0.5, 0.6) is 0 Å². The van der Waals surface area contributed by atoms with Crippen molar-refractivity contribution in [3.63, 3.8) is 0 Å². The Kier molecular flexibility index (Phi) is 59.7. The molecule has 0 spiro atoms. The molecule has 0 saturated heterocycles. The standard InChI is InChI=1S/4C2H4O2.2Pd/c4*1-2(3)4;;/h4*1H3,(H,3,4);;/q;;;;2*+2/p-4. The fourth-order valence-corrected chi connectivity index (χ4v) is 0. The van der Waals surface area contributed by atoms with Crippen molar-refractivity contribution in [2.75, 3.05) is 0 Å². The van der Waals surface area contributed by atoms with Gasteiger partial charge in [-0.25, -0.2) is 0 Å². The van der Waals surface area contributed by atoms with Gasteiger partial charge in [0.2, 0.25) is 0 Å². The number of carboxylic acid groups (broad SMARTS) is 4. The van der Waals surface area contributed by atoms with E-state index in [2.05, 4.69) is 0 Å². The molecule has 10 heteroatoms. The summed E-state index contributed by atoms with van der Waals surface area (Å²) in [7, 11) is 0. The second-order valence-corrected chi connectivity index (χ2v) is 1.97. The molecule has 0 radical (unpaired) electrons. The molecule has 0 aromatic heterocycles. The molecular formula is C8H12O8Pd2. The number of carbonyl (C=O) groups is 4. The third-order valence-electron chi connectivity index (χ3n) is 0. The molecule has 0 fully saturated rings. The first kappa shape index (κ1) is 36.0. The van der Waals surface area contributed by atoms with Crippen LogP contribution >= 0.6 is 0 Å². The van der Waals surface area contributed by atoms with Gasteiger partial charge in [-0.05, 0) is 27.7 Å². The van der Waals surface area contributed by atoms with Crippen LogP contribution in [0.15, 0.2) is 0 Å². The number of carboxylic acids is 4. The Labute approximate surface area is 132 Å². The van der Waals surface area contributed by atoms with Gasteiger partial charge in [0, 0.05) is 23.9 Å². The first-order valence-corrected chi connectivity index (χ1v) is 3.63. The van der Waals surface area contributed by atoms with Crippen LogP contribution in [0.3, 0.4) is 0 Å². The maximum Gasteiger partial charge on any atom is 2.00 e. The van der Waals surface area contributed by atoms with Crippen LogP contribution in [0.4, 0.5) is 0 Å². The molecule has 0 aromatic carbocycles. The molecule has 18 heavy (non-hydrogen) atoms. The fourth-order valence-electron chi connectivity index (χ4n) is 0. The van der Waals surface area contributed by atoms with Crippen molar-refractivity contribution in [3.05, 3.63) is 0 Å². The van der Waals surface area contributed by atoms with Gasteiger partial charge in [0.25, 0.3) is 0 Å². The molecule has 0 heterocycles. The zero-order valence-electron chi connectivity index (χ0n) is 9.90. The molecule has 0 bridgehead atoms. The summed E-state index contributed by atoms with van der Waals surface area (Å²) >= 11 is 0. The Balaban J connectivity index is -0.0000000257. The molecular weight excluding hydrogens is 437 g/mol. The summed E-state index contributed by atoms with van der Waals surface area (Å²) in [6, 6.07) is 0. The molecule has 0 aliphatic rings. The van der Waals surface area contributed by atoms with Crippen LogP contribution in [0, 0.1) is 0 Å². The minimum Gasteiger partial charge on any atom is -0.550 e. The molecule has 0 amide bonds. The van der Waals surface area contributed by atoms with E-state index in [0.29, 0.717) is 0 Å². The van der Waals surface area contributed by atoms with Gasteiger partial charge in [0.15, 0.2) is 0 Å². The predicted molar refractivity (Wildman–Crippen MR) is 42.7 cm³/mol. The molecule has 8 nitrogen and oxygen atoms in total. The zero-order chi connectivity index (χ0) is 14.3. The molecule has 112 valence electrons. The predicted octanol–water partition coefficient (Wildman–Crippen LogP) is -4.98. The van der Waals surface area contributed by atoms with Crippen molar-refractivity contribution in [1.29, 1.82) is 0 Å². The van der Waals surface area contributed by atoms with Crippen molar-refractivity contribution < 1.29 is 80.4 Å². The Morgan fingerprint density at radius 3 is 0.500 bits per heavy atom. The first-order valence-electron chi connectivity index (χ1n) is 3.63. The quantitative estimate of drug-likeness (QED) is 0.333. The maximum absolute atomic E-state index is 8.89. The van der Waals surface area contributed by atoms with E-state index in [9.17, 15) is 0 Å². The van der Waals surface area contributed by atoms with Crippen LogP contribution in [0.25, 0.3) is 0 Å². The van der Waals surface area contributed by atoms with E-state index in [0.717, 1.165) is 27.7 Å². The van der Waals surface area contributed by atoms with E-state index in [1.807, 2.05) is 0 Å². The topological polar surface area (TPSA) is 161 Å². The van der Waals surface area contributed by atoms with Gasteiger partial charge in [-0.1, -0.05) is 0 Å². The Morgan fingerprint density at radius 2 is 0.500 bits per heavy atom. The van der Waals surface area contributed by atoms with Crippen molar-refractivity contribution in [1.82, 2.24) is 0 Å². The maximum atomic E-state index is 8.89. The summed E-state index contributed by atoms with van der Waals surface area (Å²) in [5, 5.41) is 35.6. The minimum atomic E-state index is -1.08. The Morgan fingerprint density at radius 1 is 0.500 bits per heavy atom. The molecule has 0 aliphatic carbocycles. The van der Waals surface area contributed by atoms with Gasteiger partial charge < -0.3 is 39.6 Å². The van der Waals surface area contributed by atoms with Crippen molar-refractivity contribution in [2.24, 2.45) is 0 Å². The number of hydrogen-bond acceptors (Lipinski definition) is 8. The van der Waals surface area contributed by atoms with Gasteiger partial charge >= 0.3 is 40.8 Å². The van der Waals surface area contributed by atoms with Gasteiger partial charge in [0.05, 0.1) is 0 Å². The average Bonchev–Trinajstić information content (AvgIpc) is 1.76. The van der Waals surface area contributed by atoms with Gasteiger partial charge in [-0.3, -0.25) is 0 Å². The van der Waals surface area contributed by atoms with Gasteiger partial charge in [0.1, 0.15) is 0 Å². The molecule has 0 atom stereocenters. The van der Waals surface area contributed by atoms with Gasteiger partial charge in [-0.15, -0.1) is 0 Å². The second kappa shape index (κ2) is 29.8. The number of aliphatic carboxylic acids is 4. The SMILES string of the molecule is CC(=O)[O-].CC(=O)[O-].CC(=O)[O-].CC(=O)[O-].[Pd+2].[Pd+2]. The first-order chi connectivity index (χ1) is 6.93. The third-order valence-corrected chi connectivity index (χ3v) is 0. The van der Waals surface area contributed by atoms with E-state index in [4.69, 9.17) is 39.6 Å². The number of carbonyl (C=O) groups excluding carboxylic acids is 4. The van der Waals surface area contributed by atoms with Crippen molar-refractivity contribution in [2.45, 2.75) is 27.7 Å². The normalized spacial score (nSPS) is 5.56. The average molecular weight is 449 g/mol. The van der Waals surface area contributed by atoms with E-state index < -0.39 is 23.9 Å². The summed E-state index contributed by atoms with van der Waals surface area (Å²) in [6.45, 7) is 3.89.